The van der Waals surface area contributed by atoms with Gasteiger partial charge in [0, 0.05) is 41.3 Å². The highest BCUT2D eigenvalue weighted by atomic mass is 15.1. The van der Waals surface area contributed by atoms with Crippen LogP contribution < -0.4 is 9.80 Å². The van der Waals surface area contributed by atoms with E-state index in [1.807, 2.05) is 0 Å². The Hall–Kier alpha value is -5.08. The molecule has 54 heavy (non-hydrogen) atoms. The highest BCUT2D eigenvalue weighted by Crippen LogP contribution is 2.48. The van der Waals surface area contributed by atoms with E-state index in [-0.39, 0.29) is 5.41 Å². The predicted octanol–water partition coefficient (Wildman–Crippen LogP) is 13.7. The van der Waals surface area contributed by atoms with E-state index in [1.54, 1.807) is 11.1 Å². The number of anilines is 4. The van der Waals surface area contributed by atoms with E-state index < -0.39 is 0 Å². The van der Waals surface area contributed by atoms with Crippen molar-refractivity contribution in [1.29, 1.82) is 0 Å². The quantitative estimate of drug-likeness (QED) is 0.111. The summed E-state index contributed by atoms with van der Waals surface area (Å²) in [5.74, 6) is 0. The van der Waals surface area contributed by atoms with Crippen LogP contribution in [0.15, 0.2) is 146 Å². The first kappa shape index (κ1) is 37.2. The molecule has 0 aliphatic heterocycles. The Morgan fingerprint density at radius 3 is 1.04 bits per heavy atom. The summed E-state index contributed by atoms with van der Waals surface area (Å²) in [6.45, 7) is 10.6. The molecule has 1 aliphatic rings. The maximum Gasteiger partial charge on any atom is 0.0410 e. The lowest BCUT2D eigenvalue weighted by molar-refractivity contribution is 0.341. The Morgan fingerprint density at radius 2 is 0.704 bits per heavy atom. The standard InChI is InChI=1S/C52H58N2/c1-40-20-28-46(29-21-40)53(47-30-22-41(2)23-31-47)38-12-16-44-14-6-8-18-50(44)52(36-10-5-11-37-52)51-19-9-7-15-45(51)17-13-39-54(48-32-24-42(3)25-33-48)49-34-26-43(4)27-35-49/h6-9,14-15,18-35H,5,10-13,16-17,36-39H2,1-4H3. The molecule has 0 amide bonds. The summed E-state index contributed by atoms with van der Waals surface area (Å²) >= 11 is 0. The van der Waals surface area contributed by atoms with Crippen molar-refractivity contribution in [3.63, 3.8) is 0 Å². The predicted molar refractivity (Wildman–Crippen MR) is 232 cm³/mol. The second-order valence-electron chi connectivity index (χ2n) is 15.8. The first-order chi connectivity index (χ1) is 26.4. The van der Waals surface area contributed by atoms with Crippen molar-refractivity contribution in [2.45, 2.75) is 90.9 Å². The molecule has 7 rings (SSSR count). The van der Waals surface area contributed by atoms with Crippen LogP contribution in [0.2, 0.25) is 0 Å². The van der Waals surface area contributed by atoms with Gasteiger partial charge in [0.25, 0.3) is 0 Å². The van der Waals surface area contributed by atoms with Crippen LogP contribution in [-0.2, 0) is 18.3 Å². The second kappa shape index (κ2) is 17.4. The Morgan fingerprint density at radius 1 is 0.389 bits per heavy atom. The van der Waals surface area contributed by atoms with Crippen LogP contribution in [0, 0.1) is 27.7 Å². The van der Waals surface area contributed by atoms with Crippen molar-refractivity contribution >= 4 is 22.7 Å². The monoisotopic (exact) mass is 710 g/mol. The van der Waals surface area contributed by atoms with Gasteiger partial charge in [0.05, 0.1) is 0 Å². The van der Waals surface area contributed by atoms with Gasteiger partial charge in [-0.25, -0.2) is 0 Å². The molecule has 0 bridgehead atoms. The average Bonchev–Trinajstić information content (AvgIpc) is 3.21. The highest BCUT2D eigenvalue weighted by Gasteiger charge is 2.38. The summed E-state index contributed by atoms with van der Waals surface area (Å²) in [5, 5.41) is 0. The van der Waals surface area contributed by atoms with Crippen LogP contribution in [0.1, 0.15) is 89.5 Å². The largest absolute Gasteiger partial charge is 0.341 e. The molecule has 1 aliphatic carbocycles. The van der Waals surface area contributed by atoms with E-state index >= 15 is 0 Å². The Kier molecular flexibility index (Phi) is 12.0. The summed E-state index contributed by atoms with van der Waals surface area (Å²) in [6.07, 6.45) is 10.6. The van der Waals surface area contributed by atoms with Crippen LogP contribution >= 0.6 is 0 Å². The number of hydrogen-bond acceptors (Lipinski definition) is 2. The minimum absolute atomic E-state index is 0.0483. The van der Waals surface area contributed by atoms with Crippen LogP contribution in [-0.4, -0.2) is 13.1 Å². The Bertz CT molecular complexity index is 1830. The van der Waals surface area contributed by atoms with Gasteiger partial charge in [0.1, 0.15) is 0 Å². The van der Waals surface area contributed by atoms with Gasteiger partial charge in [-0.2, -0.15) is 0 Å². The lowest BCUT2D eigenvalue weighted by Gasteiger charge is -2.41. The molecule has 1 fully saturated rings. The summed E-state index contributed by atoms with van der Waals surface area (Å²) in [4.78, 5) is 5.01. The molecule has 2 nitrogen and oxygen atoms in total. The maximum atomic E-state index is 2.50. The van der Waals surface area contributed by atoms with Crippen molar-refractivity contribution in [2.24, 2.45) is 0 Å². The summed E-state index contributed by atoms with van der Waals surface area (Å²) in [7, 11) is 0. The minimum Gasteiger partial charge on any atom is -0.341 e. The van der Waals surface area contributed by atoms with Gasteiger partial charge in [0.2, 0.25) is 0 Å². The van der Waals surface area contributed by atoms with Crippen LogP contribution in [0.5, 0.6) is 0 Å². The molecule has 0 aromatic heterocycles. The van der Waals surface area contributed by atoms with E-state index in [1.165, 1.54) is 88.2 Å². The lowest BCUT2D eigenvalue weighted by Crippen LogP contribution is -2.33. The topological polar surface area (TPSA) is 6.48 Å². The zero-order valence-electron chi connectivity index (χ0n) is 33.0. The molecule has 0 heterocycles. The van der Waals surface area contributed by atoms with Crippen molar-refractivity contribution < 1.29 is 0 Å². The molecule has 0 saturated heterocycles. The number of hydrogen-bond donors (Lipinski definition) is 0. The summed E-state index contributed by atoms with van der Waals surface area (Å²) < 4.78 is 0. The molecular weight excluding hydrogens is 653 g/mol. The number of aryl methyl sites for hydroxylation is 6. The number of benzene rings is 6. The Balaban J connectivity index is 1.14. The fourth-order valence-corrected chi connectivity index (χ4v) is 8.82. The maximum absolute atomic E-state index is 2.50. The molecule has 6 aromatic rings. The number of rotatable bonds is 14. The smallest absolute Gasteiger partial charge is 0.0410 e. The van der Waals surface area contributed by atoms with E-state index in [0.717, 1.165) is 38.8 Å². The van der Waals surface area contributed by atoms with E-state index in [0.29, 0.717) is 0 Å². The van der Waals surface area contributed by atoms with Gasteiger partial charge in [-0.15, -0.1) is 0 Å². The van der Waals surface area contributed by atoms with Gasteiger partial charge in [-0.1, -0.05) is 139 Å². The molecule has 0 unspecified atom stereocenters. The van der Waals surface area contributed by atoms with Crippen molar-refractivity contribution in [1.82, 2.24) is 0 Å². The van der Waals surface area contributed by atoms with Gasteiger partial charge < -0.3 is 9.80 Å². The van der Waals surface area contributed by atoms with E-state index in [9.17, 15) is 0 Å². The molecule has 2 heteroatoms. The lowest BCUT2D eigenvalue weighted by atomic mass is 9.62. The highest BCUT2D eigenvalue weighted by molar-refractivity contribution is 5.65. The fraction of sp³-hybridized carbons (Fsp3) is 0.308. The molecule has 276 valence electrons. The average molecular weight is 711 g/mol. The SMILES string of the molecule is Cc1ccc(N(CCCc2ccccc2C2(c3ccccc3CCCN(c3ccc(C)cc3)c3ccc(C)cc3)CCCCC2)c2ccc(C)cc2)cc1. The van der Waals surface area contributed by atoms with Crippen molar-refractivity contribution in [3.8, 4) is 0 Å². The van der Waals surface area contributed by atoms with E-state index in [4.69, 9.17) is 0 Å². The summed E-state index contributed by atoms with van der Waals surface area (Å²) in [6, 6.07) is 55.0. The van der Waals surface area contributed by atoms with Gasteiger partial charge in [0.15, 0.2) is 0 Å². The van der Waals surface area contributed by atoms with Gasteiger partial charge in [-0.05, 0) is 137 Å². The molecular formula is C52H58N2. The normalized spacial score (nSPS) is 13.8. The van der Waals surface area contributed by atoms with E-state index in [2.05, 4.69) is 183 Å². The third-order valence-corrected chi connectivity index (χ3v) is 11.8. The Labute approximate surface area is 325 Å². The van der Waals surface area contributed by atoms with Crippen molar-refractivity contribution in [3.05, 3.63) is 190 Å². The molecule has 0 spiro atoms. The zero-order chi connectivity index (χ0) is 37.3. The fourth-order valence-electron chi connectivity index (χ4n) is 8.82. The number of nitrogens with zero attached hydrogens (tertiary/aromatic N) is 2. The second-order valence-corrected chi connectivity index (χ2v) is 15.8. The van der Waals surface area contributed by atoms with Crippen LogP contribution in [0.3, 0.4) is 0 Å². The first-order valence-electron chi connectivity index (χ1n) is 20.4. The molecule has 0 atom stereocenters. The molecule has 0 radical (unpaired) electrons. The zero-order valence-corrected chi connectivity index (χ0v) is 33.0. The third-order valence-electron chi connectivity index (χ3n) is 11.8. The van der Waals surface area contributed by atoms with Crippen LogP contribution in [0.25, 0.3) is 0 Å². The van der Waals surface area contributed by atoms with Gasteiger partial charge in [-0.3, -0.25) is 0 Å². The molecule has 6 aromatic carbocycles. The van der Waals surface area contributed by atoms with Crippen molar-refractivity contribution in [2.75, 3.05) is 22.9 Å². The molecule has 1 saturated carbocycles. The first-order valence-corrected chi connectivity index (χ1v) is 20.4. The molecule has 0 N–H and O–H groups in total. The summed E-state index contributed by atoms with van der Waals surface area (Å²) in [5.41, 5.74) is 16.5. The van der Waals surface area contributed by atoms with Gasteiger partial charge >= 0.3 is 0 Å². The minimum atomic E-state index is 0.0483. The third kappa shape index (κ3) is 8.65. The van der Waals surface area contributed by atoms with Crippen LogP contribution in [0.4, 0.5) is 22.7 Å².